The molecule has 142 valence electrons. The Bertz CT molecular complexity index is 914. The topological polar surface area (TPSA) is 68.3 Å². The fourth-order valence-electron chi connectivity index (χ4n) is 3.16. The van der Waals surface area contributed by atoms with Crippen molar-refractivity contribution in [3.8, 4) is 0 Å². The van der Waals surface area contributed by atoms with Crippen LogP contribution in [0.25, 0.3) is 0 Å². The van der Waals surface area contributed by atoms with Crippen molar-refractivity contribution in [2.75, 3.05) is 18.6 Å². The van der Waals surface area contributed by atoms with Gasteiger partial charge in [0.25, 0.3) is 4.84 Å². The number of nitrogens with zero attached hydrogens (tertiary/aromatic N) is 3. The summed E-state index contributed by atoms with van der Waals surface area (Å²) in [5, 5.41) is 4.42. The maximum Gasteiger partial charge on any atom is 0.288 e. The van der Waals surface area contributed by atoms with E-state index in [9.17, 15) is 8.42 Å². The fraction of sp³-hybridized carbons (Fsp3) is 0.556. The highest BCUT2D eigenvalue weighted by Crippen LogP contribution is 2.27. The van der Waals surface area contributed by atoms with E-state index in [1.54, 1.807) is 4.68 Å². The van der Waals surface area contributed by atoms with E-state index in [1.807, 2.05) is 7.05 Å². The Morgan fingerprint density at radius 3 is 2.62 bits per heavy atom. The number of hydrogen-bond acceptors (Lipinski definition) is 6. The molecule has 0 unspecified atom stereocenters. The molecule has 3 rings (SSSR count). The van der Waals surface area contributed by atoms with Crippen LogP contribution in [-0.4, -0.2) is 41.7 Å². The normalized spacial score (nSPS) is 19.5. The smallest absolute Gasteiger partial charge is 0.288 e. The summed E-state index contributed by atoms with van der Waals surface area (Å²) in [7, 11) is -0.982. The molecular formula is C18H25N3O3S2. The molecule has 1 atom stereocenters. The molecule has 0 saturated carbocycles. The first kappa shape index (κ1) is 19.3. The lowest BCUT2D eigenvalue weighted by molar-refractivity contribution is 0.240. The number of hydrogen-bond donors (Lipinski definition) is 0. The van der Waals surface area contributed by atoms with Crippen molar-refractivity contribution in [1.82, 2.24) is 14.7 Å². The van der Waals surface area contributed by atoms with E-state index in [-0.39, 0.29) is 22.3 Å². The molecule has 1 aliphatic heterocycles. The number of sulfone groups is 1. The standard InChI is InChI=1S/C18H25N3O3S2/c1-13(2)15-6-4-14(5-7-15)10-20(3)12-21-18(25)24-17(19-21)16-8-9-26(22,23)11-16/h4-7,13,16H,8-12H2,1-3H3/t16-/m1/s1. The van der Waals surface area contributed by atoms with E-state index in [0.29, 0.717) is 24.9 Å². The maximum absolute atomic E-state index is 11.6. The summed E-state index contributed by atoms with van der Waals surface area (Å²) < 4.78 is 30.5. The van der Waals surface area contributed by atoms with Crippen molar-refractivity contribution in [3.63, 3.8) is 0 Å². The molecule has 0 spiro atoms. The lowest BCUT2D eigenvalue weighted by Gasteiger charge is -2.16. The summed E-state index contributed by atoms with van der Waals surface area (Å²) in [6, 6.07) is 8.61. The average molecular weight is 396 g/mol. The molecule has 8 heteroatoms. The van der Waals surface area contributed by atoms with E-state index in [4.69, 9.17) is 16.6 Å². The Kier molecular flexibility index (Phi) is 5.64. The first-order valence-electron chi connectivity index (χ1n) is 8.79. The summed E-state index contributed by atoms with van der Waals surface area (Å²) in [5.74, 6) is 1.06. The van der Waals surface area contributed by atoms with Crippen molar-refractivity contribution in [1.29, 1.82) is 0 Å². The van der Waals surface area contributed by atoms with Gasteiger partial charge in [-0.3, -0.25) is 4.90 Å². The minimum atomic E-state index is -2.97. The van der Waals surface area contributed by atoms with Gasteiger partial charge in [0.05, 0.1) is 24.1 Å². The van der Waals surface area contributed by atoms with Gasteiger partial charge in [-0.2, -0.15) is 0 Å². The molecule has 6 nitrogen and oxygen atoms in total. The molecule has 1 fully saturated rings. The molecule has 26 heavy (non-hydrogen) atoms. The Hall–Kier alpha value is -1.51. The number of rotatable bonds is 6. The van der Waals surface area contributed by atoms with Crippen molar-refractivity contribution >= 4 is 22.1 Å². The van der Waals surface area contributed by atoms with Crippen LogP contribution in [0.15, 0.2) is 28.7 Å². The Balaban J connectivity index is 1.64. The SMILES string of the molecule is CC(C)c1ccc(CN(C)Cn2nc([C@@H]3CCS(=O)(=O)C3)oc2=S)cc1. The molecular weight excluding hydrogens is 370 g/mol. The van der Waals surface area contributed by atoms with Gasteiger partial charge in [-0.15, -0.1) is 5.10 Å². The molecule has 0 radical (unpaired) electrons. The summed E-state index contributed by atoms with van der Waals surface area (Å²) in [5.41, 5.74) is 2.54. The third kappa shape index (κ3) is 4.61. The van der Waals surface area contributed by atoms with Crippen LogP contribution in [0.4, 0.5) is 0 Å². The van der Waals surface area contributed by atoms with Gasteiger partial charge >= 0.3 is 0 Å². The van der Waals surface area contributed by atoms with Crippen molar-refractivity contribution < 1.29 is 12.8 Å². The van der Waals surface area contributed by atoms with Crippen molar-refractivity contribution in [3.05, 3.63) is 46.1 Å². The van der Waals surface area contributed by atoms with Crippen LogP contribution in [-0.2, 0) is 23.1 Å². The number of benzene rings is 1. The van der Waals surface area contributed by atoms with Gasteiger partial charge in [0, 0.05) is 6.54 Å². The van der Waals surface area contributed by atoms with Gasteiger partial charge in [0.2, 0.25) is 5.89 Å². The molecule has 0 aliphatic carbocycles. The van der Waals surface area contributed by atoms with Crippen LogP contribution >= 0.6 is 12.2 Å². The molecule has 2 aromatic rings. The van der Waals surface area contributed by atoms with Gasteiger partial charge < -0.3 is 4.42 Å². The summed E-state index contributed by atoms with van der Waals surface area (Å²) in [6.45, 7) is 5.62. The van der Waals surface area contributed by atoms with Gasteiger partial charge in [-0.05, 0) is 42.7 Å². The molecule has 2 heterocycles. The molecule has 0 N–H and O–H groups in total. The van der Waals surface area contributed by atoms with Crippen LogP contribution in [0.1, 0.15) is 49.1 Å². The van der Waals surface area contributed by atoms with Crippen molar-refractivity contribution in [2.24, 2.45) is 0 Å². The van der Waals surface area contributed by atoms with Gasteiger partial charge in [0.1, 0.15) is 0 Å². The minimum absolute atomic E-state index is 0.0975. The zero-order valence-electron chi connectivity index (χ0n) is 15.4. The molecule has 1 aromatic heterocycles. The zero-order valence-corrected chi connectivity index (χ0v) is 17.0. The Labute approximate surface area is 159 Å². The fourth-order valence-corrected chi connectivity index (χ4v) is 5.08. The Morgan fingerprint density at radius 2 is 2.04 bits per heavy atom. The first-order valence-corrected chi connectivity index (χ1v) is 11.0. The third-order valence-corrected chi connectivity index (χ3v) is 6.74. The quantitative estimate of drug-likeness (QED) is 0.699. The van der Waals surface area contributed by atoms with E-state index < -0.39 is 9.84 Å². The third-order valence-electron chi connectivity index (χ3n) is 4.68. The van der Waals surface area contributed by atoms with E-state index in [2.05, 4.69) is 48.1 Å². The zero-order chi connectivity index (χ0) is 18.9. The molecule has 0 bridgehead atoms. The highest BCUT2D eigenvalue weighted by atomic mass is 32.2. The second-order valence-corrected chi connectivity index (χ2v) is 9.94. The molecule has 1 aromatic carbocycles. The van der Waals surface area contributed by atoms with Crippen LogP contribution in [0.5, 0.6) is 0 Å². The maximum atomic E-state index is 11.6. The van der Waals surface area contributed by atoms with Crippen molar-refractivity contribution in [2.45, 2.75) is 45.3 Å². The molecule has 1 aliphatic rings. The Morgan fingerprint density at radius 1 is 1.35 bits per heavy atom. The van der Waals surface area contributed by atoms with E-state index >= 15 is 0 Å². The predicted octanol–water partition coefficient (Wildman–Crippen LogP) is 3.32. The summed E-state index contributed by atoms with van der Waals surface area (Å²) >= 11 is 5.25. The molecule has 1 saturated heterocycles. The molecule has 0 amide bonds. The minimum Gasteiger partial charge on any atom is -0.414 e. The van der Waals surface area contributed by atoms with Crippen LogP contribution in [0.2, 0.25) is 0 Å². The second-order valence-electron chi connectivity index (χ2n) is 7.36. The second kappa shape index (κ2) is 7.62. The van der Waals surface area contributed by atoms with Crippen LogP contribution < -0.4 is 0 Å². The largest absolute Gasteiger partial charge is 0.414 e. The monoisotopic (exact) mass is 395 g/mol. The first-order chi connectivity index (χ1) is 12.2. The highest BCUT2D eigenvalue weighted by molar-refractivity contribution is 7.91. The van der Waals surface area contributed by atoms with Gasteiger partial charge in [0.15, 0.2) is 9.84 Å². The summed E-state index contributed by atoms with van der Waals surface area (Å²) in [4.78, 5) is 2.38. The van der Waals surface area contributed by atoms with Gasteiger partial charge in [-0.1, -0.05) is 38.1 Å². The summed E-state index contributed by atoms with van der Waals surface area (Å²) in [6.07, 6.45) is 0.551. The highest BCUT2D eigenvalue weighted by Gasteiger charge is 2.32. The predicted molar refractivity (Wildman–Crippen MR) is 103 cm³/mol. The van der Waals surface area contributed by atoms with Gasteiger partial charge in [-0.25, -0.2) is 13.1 Å². The lowest BCUT2D eigenvalue weighted by atomic mass is 10.0. The lowest BCUT2D eigenvalue weighted by Crippen LogP contribution is -2.22. The van der Waals surface area contributed by atoms with E-state index in [1.165, 1.54) is 11.1 Å². The number of aromatic nitrogens is 2. The van der Waals surface area contributed by atoms with E-state index in [0.717, 1.165) is 6.54 Å². The average Bonchev–Trinajstić information content (AvgIpc) is 3.10. The van der Waals surface area contributed by atoms with Crippen LogP contribution in [0, 0.1) is 4.84 Å². The van der Waals surface area contributed by atoms with Crippen LogP contribution in [0.3, 0.4) is 0 Å².